The lowest BCUT2D eigenvalue weighted by Gasteiger charge is -2.36. The molecule has 0 aliphatic carbocycles. The topological polar surface area (TPSA) is 64.8 Å². The van der Waals surface area contributed by atoms with E-state index in [1.807, 2.05) is 4.90 Å². The predicted octanol–water partition coefficient (Wildman–Crippen LogP) is -0.648. The average Bonchev–Trinajstić information content (AvgIpc) is 2.81. The van der Waals surface area contributed by atoms with Crippen LogP contribution in [0.4, 0.5) is 0 Å². The highest BCUT2D eigenvalue weighted by Gasteiger charge is 2.33. The maximum Gasteiger partial charge on any atom is 0.252 e. The van der Waals surface area contributed by atoms with E-state index in [1.54, 1.807) is 0 Å². The van der Waals surface area contributed by atoms with Gasteiger partial charge in [-0.25, -0.2) is 0 Å². The highest BCUT2D eigenvalue weighted by molar-refractivity contribution is 5.81. The zero-order valence-electron chi connectivity index (χ0n) is 8.85. The first kappa shape index (κ1) is 10.9. The second-order valence-electron chi connectivity index (χ2n) is 4.00. The van der Waals surface area contributed by atoms with Crippen molar-refractivity contribution < 1.29 is 14.3 Å². The third-order valence-electron chi connectivity index (χ3n) is 2.99. The molecule has 2 unspecified atom stereocenters. The van der Waals surface area contributed by atoms with Gasteiger partial charge in [0.25, 0.3) is 5.91 Å². The summed E-state index contributed by atoms with van der Waals surface area (Å²) in [5.74, 6) is 0.0891. The van der Waals surface area contributed by atoms with Gasteiger partial charge in [0.15, 0.2) is 0 Å². The monoisotopic (exact) mass is 214 g/mol. The Labute approximate surface area is 89.5 Å². The van der Waals surface area contributed by atoms with Crippen LogP contribution in [-0.2, 0) is 14.3 Å². The van der Waals surface area contributed by atoms with Crippen LogP contribution in [0, 0.1) is 0 Å². The number of nitrogens with zero attached hydrogens (tertiary/aromatic N) is 1. The highest BCUT2D eigenvalue weighted by Crippen LogP contribution is 2.17. The Hall–Kier alpha value is -0.650. The van der Waals surface area contributed by atoms with E-state index in [9.17, 15) is 4.79 Å². The summed E-state index contributed by atoms with van der Waals surface area (Å²) in [7, 11) is 0. The summed E-state index contributed by atoms with van der Waals surface area (Å²) in [4.78, 5) is 13.9. The van der Waals surface area contributed by atoms with Crippen LogP contribution in [0.1, 0.15) is 12.8 Å². The van der Waals surface area contributed by atoms with Crippen molar-refractivity contribution in [2.45, 2.75) is 25.0 Å². The fraction of sp³-hybridized carbons (Fsp3) is 0.900. The molecule has 2 heterocycles. The maximum atomic E-state index is 12.1. The Kier molecular flexibility index (Phi) is 3.56. The van der Waals surface area contributed by atoms with Gasteiger partial charge < -0.3 is 20.1 Å². The van der Waals surface area contributed by atoms with Crippen LogP contribution < -0.4 is 5.73 Å². The molecule has 2 saturated heterocycles. The molecule has 5 heteroatoms. The fourth-order valence-corrected chi connectivity index (χ4v) is 2.10. The molecule has 0 spiro atoms. The first-order chi connectivity index (χ1) is 7.33. The number of carbonyl (C=O) groups is 1. The molecule has 2 rings (SSSR count). The van der Waals surface area contributed by atoms with Gasteiger partial charge in [-0.15, -0.1) is 0 Å². The van der Waals surface area contributed by atoms with Crippen molar-refractivity contribution in [1.29, 1.82) is 0 Å². The van der Waals surface area contributed by atoms with Crippen molar-refractivity contribution in [3.8, 4) is 0 Å². The molecule has 0 saturated carbocycles. The van der Waals surface area contributed by atoms with Gasteiger partial charge in [-0.3, -0.25) is 4.79 Å². The summed E-state index contributed by atoms with van der Waals surface area (Å²) < 4.78 is 10.7. The van der Waals surface area contributed by atoms with Crippen molar-refractivity contribution in [2.75, 3.05) is 32.9 Å². The van der Waals surface area contributed by atoms with Crippen LogP contribution in [0.15, 0.2) is 0 Å². The van der Waals surface area contributed by atoms with Crippen molar-refractivity contribution in [3.63, 3.8) is 0 Å². The largest absolute Gasteiger partial charge is 0.377 e. The summed E-state index contributed by atoms with van der Waals surface area (Å²) in [6, 6.07) is 0.0236. The molecule has 5 nitrogen and oxygen atoms in total. The van der Waals surface area contributed by atoms with Crippen molar-refractivity contribution in [3.05, 3.63) is 0 Å². The summed E-state index contributed by atoms with van der Waals surface area (Å²) >= 11 is 0. The van der Waals surface area contributed by atoms with Gasteiger partial charge in [0, 0.05) is 19.7 Å². The van der Waals surface area contributed by atoms with Crippen LogP contribution in [-0.4, -0.2) is 55.9 Å². The molecule has 0 radical (unpaired) electrons. The lowest BCUT2D eigenvalue weighted by Crippen LogP contribution is -2.54. The second-order valence-corrected chi connectivity index (χ2v) is 4.00. The van der Waals surface area contributed by atoms with E-state index < -0.39 is 0 Å². The molecule has 0 bridgehead atoms. The summed E-state index contributed by atoms with van der Waals surface area (Å²) in [6.07, 6.45) is 1.58. The molecular formula is C10H18N2O3. The number of nitrogens with two attached hydrogens (primary N) is 1. The first-order valence-electron chi connectivity index (χ1n) is 5.53. The van der Waals surface area contributed by atoms with E-state index in [4.69, 9.17) is 15.2 Å². The fourth-order valence-electron chi connectivity index (χ4n) is 2.10. The van der Waals surface area contributed by atoms with Gasteiger partial charge in [0.2, 0.25) is 0 Å². The van der Waals surface area contributed by atoms with Crippen molar-refractivity contribution in [1.82, 2.24) is 4.90 Å². The molecule has 2 atom stereocenters. The molecule has 0 aromatic heterocycles. The Morgan fingerprint density at radius 1 is 1.47 bits per heavy atom. The molecule has 15 heavy (non-hydrogen) atoms. The lowest BCUT2D eigenvalue weighted by molar-refractivity contribution is -0.149. The third-order valence-corrected chi connectivity index (χ3v) is 2.99. The zero-order chi connectivity index (χ0) is 10.7. The van der Waals surface area contributed by atoms with Gasteiger partial charge in [-0.1, -0.05) is 0 Å². The smallest absolute Gasteiger partial charge is 0.252 e. The minimum absolute atomic E-state index is 0.0236. The summed E-state index contributed by atoms with van der Waals surface area (Å²) in [5, 5.41) is 0. The summed E-state index contributed by atoms with van der Waals surface area (Å²) in [6.45, 7) is 2.96. The Morgan fingerprint density at radius 3 is 3.00 bits per heavy atom. The molecule has 2 N–H and O–H groups in total. The standard InChI is InChI=1S/C10H18N2O3/c11-6-8-7-14-5-3-12(8)10(13)9-2-1-4-15-9/h8-9H,1-7,11H2. The van der Waals surface area contributed by atoms with Crippen LogP contribution in [0.25, 0.3) is 0 Å². The van der Waals surface area contributed by atoms with E-state index in [2.05, 4.69) is 0 Å². The first-order valence-corrected chi connectivity index (χ1v) is 5.53. The SMILES string of the molecule is NCC1COCCN1C(=O)C1CCCO1. The van der Waals surface area contributed by atoms with E-state index in [0.29, 0.717) is 32.9 Å². The van der Waals surface area contributed by atoms with Crippen LogP contribution in [0.3, 0.4) is 0 Å². The van der Waals surface area contributed by atoms with Gasteiger partial charge in [-0.05, 0) is 12.8 Å². The van der Waals surface area contributed by atoms with E-state index in [0.717, 1.165) is 12.8 Å². The number of hydrogen-bond acceptors (Lipinski definition) is 4. The number of morpholine rings is 1. The average molecular weight is 214 g/mol. The van der Waals surface area contributed by atoms with E-state index in [-0.39, 0.29) is 18.1 Å². The molecule has 86 valence electrons. The molecule has 2 aliphatic heterocycles. The van der Waals surface area contributed by atoms with Gasteiger partial charge >= 0.3 is 0 Å². The molecular weight excluding hydrogens is 196 g/mol. The number of rotatable bonds is 2. The number of carbonyl (C=O) groups excluding carboxylic acids is 1. The Morgan fingerprint density at radius 2 is 2.33 bits per heavy atom. The van der Waals surface area contributed by atoms with Gasteiger partial charge in [0.05, 0.1) is 19.3 Å². The maximum absolute atomic E-state index is 12.1. The Balaban J connectivity index is 1.96. The molecule has 0 aromatic carbocycles. The molecule has 2 fully saturated rings. The second kappa shape index (κ2) is 4.92. The number of hydrogen-bond donors (Lipinski definition) is 1. The van der Waals surface area contributed by atoms with Crippen LogP contribution >= 0.6 is 0 Å². The molecule has 0 aromatic rings. The molecule has 1 amide bonds. The highest BCUT2D eigenvalue weighted by atomic mass is 16.5. The van der Waals surface area contributed by atoms with Gasteiger partial charge in [-0.2, -0.15) is 0 Å². The number of ether oxygens (including phenoxy) is 2. The van der Waals surface area contributed by atoms with Crippen molar-refractivity contribution >= 4 is 5.91 Å². The quantitative estimate of drug-likeness (QED) is 0.663. The Bertz CT molecular complexity index is 229. The predicted molar refractivity (Wildman–Crippen MR) is 54.3 cm³/mol. The van der Waals surface area contributed by atoms with Crippen molar-refractivity contribution in [2.24, 2.45) is 5.73 Å². The van der Waals surface area contributed by atoms with E-state index >= 15 is 0 Å². The van der Waals surface area contributed by atoms with Crippen LogP contribution in [0.5, 0.6) is 0 Å². The zero-order valence-corrected chi connectivity index (χ0v) is 8.85. The lowest BCUT2D eigenvalue weighted by atomic mass is 10.1. The summed E-state index contributed by atoms with van der Waals surface area (Å²) in [5.41, 5.74) is 5.62. The van der Waals surface area contributed by atoms with Crippen LogP contribution in [0.2, 0.25) is 0 Å². The van der Waals surface area contributed by atoms with E-state index in [1.165, 1.54) is 0 Å². The number of amides is 1. The minimum Gasteiger partial charge on any atom is -0.377 e. The normalized spacial score (nSPS) is 31.9. The molecule has 2 aliphatic rings. The minimum atomic E-state index is -0.239. The van der Waals surface area contributed by atoms with Gasteiger partial charge in [0.1, 0.15) is 6.10 Å². The third kappa shape index (κ3) is 2.30.